The predicted octanol–water partition coefficient (Wildman–Crippen LogP) is 2.28. The van der Waals surface area contributed by atoms with Crippen molar-refractivity contribution in [3.05, 3.63) is 42.2 Å². The van der Waals surface area contributed by atoms with Gasteiger partial charge in [-0.05, 0) is 17.0 Å². The molecule has 78 valence electrons. The van der Waals surface area contributed by atoms with Gasteiger partial charge in [0.1, 0.15) is 0 Å². The van der Waals surface area contributed by atoms with Crippen molar-refractivity contribution in [1.29, 1.82) is 0 Å². The summed E-state index contributed by atoms with van der Waals surface area (Å²) >= 11 is 0. The second-order valence-corrected chi connectivity index (χ2v) is 3.08. The summed E-state index contributed by atoms with van der Waals surface area (Å²) in [5.41, 5.74) is 0.808. The summed E-state index contributed by atoms with van der Waals surface area (Å²) in [6.07, 6.45) is 3.45. The number of aromatic nitrogens is 1. The summed E-state index contributed by atoms with van der Waals surface area (Å²) < 4.78 is 0. The second kappa shape index (κ2) is 4.75. The molecule has 0 saturated carbocycles. The van der Waals surface area contributed by atoms with E-state index in [0.717, 1.165) is 16.3 Å². The highest BCUT2D eigenvalue weighted by Gasteiger charge is 2.04. The van der Waals surface area contributed by atoms with E-state index in [-0.39, 0.29) is 18.8 Å². The Morgan fingerprint density at radius 1 is 1.33 bits per heavy atom. The number of pyridine rings is 1. The lowest BCUT2D eigenvalue weighted by Gasteiger charge is -2.02. The van der Waals surface area contributed by atoms with Gasteiger partial charge in [-0.2, -0.15) is 0 Å². The van der Waals surface area contributed by atoms with Crippen LogP contribution in [0.1, 0.15) is 5.56 Å². The molecular weight excluding hydrogens is 214 g/mol. The molecule has 15 heavy (non-hydrogen) atoms. The van der Waals surface area contributed by atoms with E-state index in [0.29, 0.717) is 0 Å². The molecule has 1 aromatic heterocycles. The lowest BCUT2D eigenvalue weighted by Crippen LogP contribution is -2.00. The number of carboxylic acid groups (broad SMARTS) is 1. The molecular formula is C11H10ClNO2. The van der Waals surface area contributed by atoms with E-state index in [4.69, 9.17) is 5.11 Å². The van der Waals surface area contributed by atoms with Gasteiger partial charge in [0.2, 0.25) is 0 Å². The van der Waals surface area contributed by atoms with Crippen molar-refractivity contribution in [3.63, 3.8) is 0 Å². The average Bonchev–Trinajstić information content (AvgIpc) is 2.18. The number of rotatable bonds is 2. The largest absolute Gasteiger partial charge is 0.481 e. The van der Waals surface area contributed by atoms with Gasteiger partial charge in [-0.1, -0.05) is 18.2 Å². The first-order chi connectivity index (χ1) is 6.77. The van der Waals surface area contributed by atoms with E-state index in [1.54, 1.807) is 12.4 Å². The van der Waals surface area contributed by atoms with Gasteiger partial charge in [-0.3, -0.25) is 9.78 Å². The molecule has 0 radical (unpaired) electrons. The summed E-state index contributed by atoms with van der Waals surface area (Å²) in [6.45, 7) is 0. The third kappa shape index (κ3) is 2.44. The molecule has 0 saturated heterocycles. The highest BCUT2D eigenvalue weighted by Crippen LogP contribution is 2.17. The van der Waals surface area contributed by atoms with E-state index in [1.807, 2.05) is 24.3 Å². The van der Waals surface area contributed by atoms with E-state index in [2.05, 4.69) is 4.98 Å². The van der Waals surface area contributed by atoms with Crippen molar-refractivity contribution in [1.82, 2.24) is 4.98 Å². The summed E-state index contributed by atoms with van der Waals surface area (Å²) in [4.78, 5) is 14.6. The number of nitrogens with zero attached hydrogens (tertiary/aromatic N) is 1. The number of aliphatic carboxylic acids is 1. The quantitative estimate of drug-likeness (QED) is 0.850. The fraction of sp³-hybridized carbons (Fsp3) is 0.0909. The summed E-state index contributed by atoms with van der Waals surface area (Å²) in [6, 6.07) is 7.50. The molecule has 0 aliphatic rings. The number of benzene rings is 1. The lowest BCUT2D eigenvalue weighted by molar-refractivity contribution is -0.136. The van der Waals surface area contributed by atoms with E-state index >= 15 is 0 Å². The molecule has 1 N–H and O–H groups in total. The fourth-order valence-corrected chi connectivity index (χ4v) is 1.49. The Kier molecular flexibility index (Phi) is 3.63. The van der Waals surface area contributed by atoms with Crippen LogP contribution in [0.2, 0.25) is 0 Å². The summed E-state index contributed by atoms with van der Waals surface area (Å²) in [7, 11) is 0. The molecule has 2 rings (SSSR count). The minimum absolute atomic E-state index is 0. The van der Waals surface area contributed by atoms with Crippen LogP contribution in [0.3, 0.4) is 0 Å². The van der Waals surface area contributed by atoms with Crippen LogP contribution >= 0.6 is 12.4 Å². The third-order valence-electron chi connectivity index (χ3n) is 2.12. The van der Waals surface area contributed by atoms with Gasteiger partial charge in [0.05, 0.1) is 6.42 Å². The first-order valence-corrected chi connectivity index (χ1v) is 4.31. The lowest BCUT2D eigenvalue weighted by atomic mass is 10.0. The molecule has 1 heterocycles. The van der Waals surface area contributed by atoms with Crippen LogP contribution in [0.5, 0.6) is 0 Å². The molecule has 3 nitrogen and oxygen atoms in total. The topological polar surface area (TPSA) is 50.2 Å². The number of carbonyl (C=O) groups is 1. The van der Waals surface area contributed by atoms with Crippen LogP contribution in [0, 0.1) is 0 Å². The molecule has 0 aliphatic heterocycles. The highest BCUT2D eigenvalue weighted by molar-refractivity contribution is 5.87. The van der Waals surface area contributed by atoms with Crippen LogP contribution in [-0.2, 0) is 11.2 Å². The summed E-state index contributed by atoms with van der Waals surface area (Å²) in [5, 5.41) is 10.6. The zero-order valence-corrected chi connectivity index (χ0v) is 8.70. The highest BCUT2D eigenvalue weighted by atomic mass is 35.5. The van der Waals surface area contributed by atoms with Crippen LogP contribution in [0.25, 0.3) is 10.8 Å². The maximum Gasteiger partial charge on any atom is 0.307 e. The van der Waals surface area contributed by atoms with Gasteiger partial charge in [0, 0.05) is 17.8 Å². The Bertz CT molecular complexity index is 479. The Morgan fingerprint density at radius 2 is 2.13 bits per heavy atom. The Morgan fingerprint density at radius 3 is 2.87 bits per heavy atom. The zero-order valence-electron chi connectivity index (χ0n) is 7.88. The Labute approximate surface area is 93.2 Å². The van der Waals surface area contributed by atoms with Crippen LogP contribution in [0.15, 0.2) is 36.7 Å². The van der Waals surface area contributed by atoms with Crippen molar-refractivity contribution in [2.24, 2.45) is 0 Å². The minimum atomic E-state index is -0.818. The fourth-order valence-electron chi connectivity index (χ4n) is 1.49. The number of fused-ring (bicyclic) bond motifs is 1. The molecule has 0 aliphatic carbocycles. The van der Waals surface area contributed by atoms with E-state index < -0.39 is 5.97 Å². The molecule has 2 aromatic rings. The van der Waals surface area contributed by atoms with Crippen LogP contribution in [-0.4, -0.2) is 16.1 Å². The number of halogens is 1. The molecule has 0 spiro atoms. The molecule has 0 unspecified atom stereocenters. The SMILES string of the molecule is Cl.O=C(O)Cc1cccc2ccncc12. The van der Waals surface area contributed by atoms with Crippen LogP contribution < -0.4 is 0 Å². The predicted molar refractivity (Wildman–Crippen MR) is 60.3 cm³/mol. The number of hydrogen-bond donors (Lipinski definition) is 1. The van der Waals surface area contributed by atoms with Crippen molar-refractivity contribution in [3.8, 4) is 0 Å². The molecule has 0 bridgehead atoms. The van der Waals surface area contributed by atoms with Gasteiger partial charge < -0.3 is 5.11 Å². The first kappa shape index (κ1) is 11.5. The maximum atomic E-state index is 10.6. The number of carboxylic acids is 1. The maximum absolute atomic E-state index is 10.6. The normalized spacial score (nSPS) is 9.60. The van der Waals surface area contributed by atoms with Gasteiger partial charge in [0.25, 0.3) is 0 Å². The molecule has 0 fully saturated rings. The van der Waals surface area contributed by atoms with Gasteiger partial charge in [-0.25, -0.2) is 0 Å². The van der Waals surface area contributed by atoms with Crippen LogP contribution in [0.4, 0.5) is 0 Å². The second-order valence-electron chi connectivity index (χ2n) is 3.08. The average molecular weight is 224 g/mol. The molecule has 1 aromatic carbocycles. The smallest absolute Gasteiger partial charge is 0.307 e. The van der Waals surface area contributed by atoms with Crippen molar-refractivity contribution in [2.75, 3.05) is 0 Å². The molecule has 0 atom stereocenters. The van der Waals surface area contributed by atoms with E-state index in [1.165, 1.54) is 0 Å². The van der Waals surface area contributed by atoms with Gasteiger partial charge in [0.15, 0.2) is 0 Å². The zero-order chi connectivity index (χ0) is 9.97. The molecule has 0 amide bonds. The standard InChI is InChI=1S/C11H9NO2.ClH/c13-11(14)6-9-3-1-2-8-4-5-12-7-10(8)9;/h1-5,7H,6H2,(H,13,14);1H. The molecule has 4 heteroatoms. The van der Waals surface area contributed by atoms with Gasteiger partial charge in [-0.15, -0.1) is 12.4 Å². The monoisotopic (exact) mass is 223 g/mol. The Hall–Kier alpha value is -1.61. The van der Waals surface area contributed by atoms with Gasteiger partial charge >= 0.3 is 5.97 Å². The van der Waals surface area contributed by atoms with Crippen molar-refractivity contribution < 1.29 is 9.90 Å². The third-order valence-corrected chi connectivity index (χ3v) is 2.12. The minimum Gasteiger partial charge on any atom is -0.481 e. The first-order valence-electron chi connectivity index (χ1n) is 4.31. The van der Waals surface area contributed by atoms with E-state index in [9.17, 15) is 4.79 Å². The number of hydrogen-bond acceptors (Lipinski definition) is 2. The Balaban J connectivity index is 0.00000112. The summed E-state index contributed by atoms with van der Waals surface area (Å²) in [5.74, 6) is -0.818. The van der Waals surface area contributed by atoms with Crippen molar-refractivity contribution in [2.45, 2.75) is 6.42 Å². The van der Waals surface area contributed by atoms with Crippen molar-refractivity contribution >= 4 is 29.1 Å².